The van der Waals surface area contributed by atoms with Gasteiger partial charge in [0.1, 0.15) is 5.69 Å². The highest BCUT2D eigenvalue weighted by atomic mass is 32.2. The molecule has 0 aliphatic heterocycles. The average Bonchev–Trinajstić information content (AvgIpc) is 3.24. The van der Waals surface area contributed by atoms with Crippen molar-refractivity contribution in [1.29, 1.82) is 0 Å². The van der Waals surface area contributed by atoms with Crippen LogP contribution in [-0.2, 0) is 15.6 Å². The van der Waals surface area contributed by atoms with Crippen molar-refractivity contribution in [1.82, 2.24) is 10.3 Å². The Morgan fingerprint density at radius 3 is 2.46 bits per heavy atom. The van der Waals surface area contributed by atoms with Crippen LogP contribution < -0.4 is 10.0 Å². The van der Waals surface area contributed by atoms with Gasteiger partial charge < -0.3 is 10.3 Å². The highest BCUT2D eigenvalue weighted by Crippen LogP contribution is 2.45. The van der Waals surface area contributed by atoms with Gasteiger partial charge in [-0.1, -0.05) is 36.4 Å². The van der Waals surface area contributed by atoms with Crippen LogP contribution in [0.2, 0.25) is 0 Å². The van der Waals surface area contributed by atoms with Crippen LogP contribution in [0.3, 0.4) is 0 Å². The zero-order valence-corrected chi connectivity index (χ0v) is 15.1. The number of aromatic nitrogens is 1. The number of amides is 1. The molecule has 0 saturated heterocycles. The summed E-state index contributed by atoms with van der Waals surface area (Å²) in [6.45, 7) is 0. The lowest BCUT2D eigenvalue weighted by atomic mass is 10.0. The molecule has 1 heterocycles. The average molecular weight is 369 g/mol. The van der Waals surface area contributed by atoms with Crippen molar-refractivity contribution < 1.29 is 13.2 Å². The first-order chi connectivity index (χ1) is 12.3. The minimum absolute atomic E-state index is 0.167. The molecule has 7 heteroatoms. The molecule has 1 aliphatic carbocycles. The minimum atomic E-state index is -3.34. The summed E-state index contributed by atoms with van der Waals surface area (Å²) >= 11 is 0. The quantitative estimate of drug-likeness (QED) is 0.646. The topological polar surface area (TPSA) is 91.1 Å². The fraction of sp³-hybridized carbons (Fsp3) is 0.211. The van der Waals surface area contributed by atoms with E-state index in [0.717, 1.165) is 30.0 Å². The molecule has 2 aromatic carbocycles. The summed E-state index contributed by atoms with van der Waals surface area (Å²) in [4.78, 5) is 15.8. The van der Waals surface area contributed by atoms with Crippen LogP contribution in [0.4, 0.5) is 5.69 Å². The highest BCUT2D eigenvalue weighted by Gasteiger charge is 2.45. The van der Waals surface area contributed by atoms with Crippen LogP contribution >= 0.6 is 0 Å². The maximum atomic E-state index is 12.7. The lowest BCUT2D eigenvalue weighted by Gasteiger charge is -2.17. The first kappa shape index (κ1) is 16.7. The van der Waals surface area contributed by atoms with E-state index in [9.17, 15) is 13.2 Å². The van der Waals surface area contributed by atoms with Gasteiger partial charge in [0.2, 0.25) is 10.0 Å². The van der Waals surface area contributed by atoms with Crippen molar-refractivity contribution in [2.75, 3.05) is 11.0 Å². The molecule has 3 aromatic rings. The lowest BCUT2D eigenvalue weighted by Crippen LogP contribution is -2.34. The van der Waals surface area contributed by atoms with E-state index >= 15 is 0 Å². The lowest BCUT2D eigenvalue weighted by molar-refractivity contribution is 0.0926. The second-order valence-electron chi connectivity index (χ2n) is 6.76. The van der Waals surface area contributed by atoms with Gasteiger partial charge in [-0.2, -0.15) is 0 Å². The summed E-state index contributed by atoms with van der Waals surface area (Å²) < 4.78 is 25.2. The molecule has 3 N–H and O–H groups in total. The van der Waals surface area contributed by atoms with Crippen LogP contribution in [0.1, 0.15) is 28.9 Å². The SMILES string of the molecule is CS(=O)(=O)Nc1ccc2cc(C(=O)NC3(c4ccccc4)CC3)[nH]c2c1. The van der Waals surface area contributed by atoms with E-state index in [1.54, 1.807) is 24.3 Å². The number of carbonyl (C=O) groups is 1. The molecule has 1 aliphatic rings. The van der Waals surface area contributed by atoms with Gasteiger partial charge in [-0.25, -0.2) is 8.42 Å². The number of benzene rings is 2. The molecule has 4 rings (SSSR count). The highest BCUT2D eigenvalue weighted by molar-refractivity contribution is 7.92. The van der Waals surface area contributed by atoms with Gasteiger partial charge in [0.15, 0.2) is 0 Å². The molecule has 0 unspecified atom stereocenters. The zero-order chi connectivity index (χ0) is 18.4. The second kappa shape index (κ2) is 5.88. The maximum absolute atomic E-state index is 12.7. The molecule has 0 spiro atoms. The summed E-state index contributed by atoms with van der Waals surface area (Å²) in [7, 11) is -3.34. The number of fused-ring (bicyclic) bond motifs is 1. The minimum Gasteiger partial charge on any atom is -0.350 e. The Hall–Kier alpha value is -2.80. The van der Waals surface area contributed by atoms with Crippen LogP contribution in [0.15, 0.2) is 54.6 Å². The Bertz CT molecular complexity index is 1080. The molecular formula is C19H19N3O3S. The molecule has 1 amide bonds. The fourth-order valence-electron chi connectivity index (χ4n) is 3.18. The fourth-order valence-corrected chi connectivity index (χ4v) is 3.73. The summed E-state index contributed by atoms with van der Waals surface area (Å²) in [6.07, 6.45) is 2.94. The number of H-pyrrole nitrogens is 1. The first-order valence-electron chi connectivity index (χ1n) is 8.33. The molecule has 0 atom stereocenters. The van der Waals surface area contributed by atoms with E-state index in [2.05, 4.69) is 15.0 Å². The van der Waals surface area contributed by atoms with Crippen LogP contribution in [0.25, 0.3) is 10.9 Å². The van der Waals surface area contributed by atoms with E-state index in [-0.39, 0.29) is 11.4 Å². The van der Waals surface area contributed by atoms with Crippen molar-refractivity contribution in [3.05, 3.63) is 65.9 Å². The number of rotatable bonds is 5. The van der Waals surface area contributed by atoms with Gasteiger partial charge in [-0.15, -0.1) is 0 Å². The van der Waals surface area contributed by atoms with Crippen molar-refractivity contribution in [3.8, 4) is 0 Å². The Kier molecular flexibility index (Phi) is 3.77. The van der Waals surface area contributed by atoms with E-state index in [1.807, 2.05) is 30.3 Å². The molecule has 6 nitrogen and oxygen atoms in total. The Balaban J connectivity index is 1.58. The monoisotopic (exact) mass is 369 g/mol. The molecule has 1 aromatic heterocycles. The van der Waals surface area contributed by atoms with Gasteiger partial charge in [-0.05, 0) is 36.6 Å². The number of nitrogens with one attached hydrogen (secondary N) is 3. The predicted octanol–water partition coefficient (Wildman–Crippen LogP) is 2.96. The van der Waals surface area contributed by atoms with E-state index < -0.39 is 10.0 Å². The molecule has 1 saturated carbocycles. The van der Waals surface area contributed by atoms with E-state index in [0.29, 0.717) is 16.9 Å². The third-order valence-corrected chi connectivity index (χ3v) is 5.21. The largest absolute Gasteiger partial charge is 0.350 e. The summed E-state index contributed by atoms with van der Waals surface area (Å²) in [5, 5.41) is 3.98. The van der Waals surface area contributed by atoms with Crippen LogP contribution in [0, 0.1) is 0 Å². The Labute approximate surface area is 151 Å². The number of sulfonamides is 1. The summed E-state index contributed by atoms with van der Waals surface area (Å²) in [5.74, 6) is -0.167. The molecule has 1 fully saturated rings. The van der Waals surface area contributed by atoms with E-state index in [4.69, 9.17) is 0 Å². The number of hydrogen-bond acceptors (Lipinski definition) is 3. The van der Waals surface area contributed by atoms with Gasteiger partial charge in [0, 0.05) is 10.9 Å². The maximum Gasteiger partial charge on any atom is 0.268 e. The number of anilines is 1. The Morgan fingerprint density at radius 2 is 1.81 bits per heavy atom. The predicted molar refractivity (Wildman–Crippen MR) is 102 cm³/mol. The zero-order valence-electron chi connectivity index (χ0n) is 14.2. The normalized spacial score (nSPS) is 15.6. The number of carbonyl (C=O) groups excluding carboxylic acids is 1. The molecule has 0 radical (unpaired) electrons. The number of aromatic amines is 1. The summed E-state index contributed by atoms with van der Waals surface area (Å²) in [6, 6.07) is 16.9. The van der Waals surface area contributed by atoms with Crippen LogP contribution in [-0.4, -0.2) is 25.6 Å². The first-order valence-corrected chi connectivity index (χ1v) is 10.2. The van der Waals surface area contributed by atoms with Crippen LogP contribution in [0.5, 0.6) is 0 Å². The third-order valence-electron chi connectivity index (χ3n) is 4.60. The van der Waals surface area contributed by atoms with Crippen molar-refractivity contribution >= 4 is 32.5 Å². The smallest absolute Gasteiger partial charge is 0.268 e. The standard InChI is InChI=1S/C19H19N3O3S/c1-26(24,25)22-15-8-7-13-11-17(20-16(13)12-15)18(23)21-19(9-10-19)14-5-3-2-4-6-14/h2-8,11-12,20,22H,9-10H2,1H3,(H,21,23). The molecule has 0 bridgehead atoms. The van der Waals surface area contributed by atoms with Crippen molar-refractivity contribution in [2.24, 2.45) is 0 Å². The summed E-state index contributed by atoms with van der Waals surface area (Å²) in [5.41, 5.74) is 2.45. The van der Waals surface area contributed by atoms with E-state index in [1.165, 1.54) is 0 Å². The third kappa shape index (κ3) is 3.30. The molecular weight excluding hydrogens is 350 g/mol. The number of hydrogen-bond donors (Lipinski definition) is 3. The second-order valence-corrected chi connectivity index (χ2v) is 8.51. The Morgan fingerprint density at radius 1 is 1.08 bits per heavy atom. The van der Waals surface area contributed by atoms with Gasteiger partial charge in [-0.3, -0.25) is 9.52 Å². The van der Waals surface area contributed by atoms with Crippen molar-refractivity contribution in [2.45, 2.75) is 18.4 Å². The van der Waals surface area contributed by atoms with Crippen molar-refractivity contribution in [3.63, 3.8) is 0 Å². The van der Waals surface area contributed by atoms with Gasteiger partial charge >= 0.3 is 0 Å². The molecule has 26 heavy (non-hydrogen) atoms. The molecule has 134 valence electrons. The van der Waals surface area contributed by atoms with Gasteiger partial charge in [0.05, 0.1) is 17.5 Å². The van der Waals surface area contributed by atoms with Gasteiger partial charge in [0.25, 0.3) is 5.91 Å².